The second kappa shape index (κ2) is 9.91. The van der Waals surface area contributed by atoms with Crippen molar-refractivity contribution in [2.45, 2.75) is 38.5 Å². The lowest BCUT2D eigenvalue weighted by molar-refractivity contribution is -0.143. The minimum atomic E-state index is -0.740. The number of aliphatic carboxylic acids is 1. The highest BCUT2D eigenvalue weighted by Crippen LogP contribution is 2.17. The van der Waals surface area contributed by atoms with Gasteiger partial charge in [-0.25, -0.2) is 4.79 Å². The van der Waals surface area contributed by atoms with Crippen LogP contribution in [0.25, 0.3) is 0 Å². The van der Waals surface area contributed by atoms with Crippen molar-refractivity contribution in [1.82, 2.24) is 10.2 Å². The maximum absolute atomic E-state index is 11.9. The predicted octanol–water partition coefficient (Wildman–Crippen LogP) is 2.42. The zero-order chi connectivity index (χ0) is 14.8. The van der Waals surface area contributed by atoms with E-state index in [9.17, 15) is 9.59 Å². The monoisotopic (exact) mass is 302 g/mol. The van der Waals surface area contributed by atoms with Gasteiger partial charge in [0, 0.05) is 19.6 Å². The van der Waals surface area contributed by atoms with Gasteiger partial charge in [-0.1, -0.05) is 12.8 Å². The fraction of sp³-hybridized carbons (Fsp3) is 0.857. The van der Waals surface area contributed by atoms with Crippen LogP contribution in [0.2, 0.25) is 0 Å². The number of carboxylic acids is 1. The Kier molecular flexibility index (Phi) is 8.49. The number of amides is 2. The molecular weight excluding hydrogens is 276 g/mol. The van der Waals surface area contributed by atoms with E-state index >= 15 is 0 Å². The summed E-state index contributed by atoms with van der Waals surface area (Å²) in [6.45, 7) is 1.82. The van der Waals surface area contributed by atoms with Crippen molar-refractivity contribution in [2.24, 2.45) is 5.92 Å². The van der Waals surface area contributed by atoms with E-state index in [0.29, 0.717) is 25.9 Å². The Hall–Kier alpha value is -0.910. The highest BCUT2D eigenvalue weighted by molar-refractivity contribution is 7.98. The van der Waals surface area contributed by atoms with E-state index in [1.807, 2.05) is 11.8 Å². The van der Waals surface area contributed by atoms with Crippen LogP contribution in [0.5, 0.6) is 0 Å². The van der Waals surface area contributed by atoms with Crippen molar-refractivity contribution in [3.63, 3.8) is 0 Å². The standard InChI is InChI=1S/C14H26N2O3S/c1-20-11-5-3-2-4-8-15-14(19)16-9-6-12(7-10-16)13(17)18/h12H,2-11H2,1H3,(H,15,19)(H,17,18). The number of likely N-dealkylation sites (tertiary alicyclic amines) is 1. The lowest BCUT2D eigenvalue weighted by atomic mass is 9.97. The number of piperidine rings is 1. The second-order valence-electron chi connectivity index (χ2n) is 5.24. The van der Waals surface area contributed by atoms with E-state index in [1.54, 1.807) is 4.90 Å². The van der Waals surface area contributed by atoms with E-state index in [-0.39, 0.29) is 11.9 Å². The van der Waals surface area contributed by atoms with Gasteiger partial charge in [0.05, 0.1) is 5.92 Å². The van der Waals surface area contributed by atoms with Gasteiger partial charge in [0.15, 0.2) is 0 Å². The molecule has 0 unspecified atom stereocenters. The summed E-state index contributed by atoms with van der Waals surface area (Å²) in [5.74, 6) is 0.191. The maximum atomic E-state index is 11.9. The number of hydrogen-bond acceptors (Lipinski definition) is 3. The molecule has 0 spiro atoms. The Balaban J connectivity index is 2.04. The molecule has 0 atom stereocenters. The van der Waals surface area contributed by atoms with Crippen LogP contribution in [0.4, 0.5) is 4.79 Å². The number of thioether (sulfide) groups is 1. The molecule has 1 rings (SSSR count). The number of urea groups is 1. The summed E-state index contributed by atoms with van der Waals surface area (Å²) in [5.41, 5.74) is 0. The molecule has 0 aromatic carbocycles. The van der Waals surface area contributed by atoms with Crippen molar-refractivity contribution in [3.05, 3.63) is 0 Å². The molecule has 20 heavy (non-hydrogen) atoms. The van der Waals surface area contributed by atoms with Gasteiger partial charge < -0.3 is 15.3 Å². The van der Waals surface area contributed by atoms with Crippen LogP contribution in [-0.4, -0.2) is 53.6 Å². The third kappa shape index (κ3) is 6.50. The molecule has 116 valence electrons. The topological polar surface area (TPSA) is 69.6 Å². The quantitative estimate of drug-likeness (QED) is 0.676. The first kappa shape index (κ1) is 17.1. The van der Waals surface area contributed by atoms with Crippen molar-refractivity contribution in [2.75, 3.05) is 31.6 Å². The van der Waals surface area contributed by atoms with Crippen LogP contribution in [0.3, 0.4) is 0 Å². The first-order chi connectivity index (χ1) is 9.65. The van der Waals surface area contributed by atoms with E-state index in [0.717, 1.165) is 19.4 Å². The van der Waals surface area contributed by atoms with Gasteiger partial charge in [-0.15, -0.1) is 0 Å². The normalized spacial score (nSPS) is 16.1. The SMILES string of the molecule is CSCCCCCCNC(=O)N1CCC(C(=O)O)CC1. The van der Waals surface area contributed by atoms with Crippen molar-refractivity contribution in [1.29, 1.82) is 0 Å². The Morgan fingerprint density at radius 2 is 1.85 bits per heavy atom. The van der Waals surface area contributed by atoms with Crippen LogP contribution >= 0.6 is 11.8 Å². The lowest BCUT2D eigenvalue weighted by Crippen LogP contribution is -2.45. The smallest absolute Gasteiger partial charge is 0.317 e. The van der Waals surface area contributed by atoms with Gasteiger partial charge in [-0.3, -0.25) is 4.79 Å². The van der Waals surface area contributed by atoms with E-state index in [1.165, 1.54) is 18.6 Å². The molecule has 0 radical (unpaired) electrons. The summed E-state index contributed by atoms with van der Waals surface area (Å²) in [7, 11) is 0. The fourth-order valence-electron chi connectivity index (χ4n) is 2.36. The Labute approximate surface area is 125 Å². The molecule has 1 aliphatic heterocycles. The number of carbonyl (C=O) groups excluding carboxylic acids is 1. The first-order valence-electron chi connectivity index (χ1n) is 7.39. The molecule has 0 bridgehead atoms. The molecule has 0 aromatic heterocycles. The number of rotatable bonds is 8. The third-order valence-corrected chi connectivity index (χ3v) is 4.38. The molecule has 6 heteroatoms. The van der Waals surface area contributed by atoms with Crippen molar-refractivity contribution >= 4 is 23.8 Å². The van der Waals surface area contributed by atoms with Crippen LogP contribution in [0.1, 0.15) is 38.5 Å². The lowest BCUT2D eigenvalue weighted by Gasteiger charge is -2.30. The zero-order valence-electron chi connectivity index (χ0n) is 12.3. The van der Waals surface area contributed by atoms with Gasteiger partial charge in [0.2, 0.25) is 0 Å². The van der Waals surface area contributed by atoms with Crippen LogP contribution in [-0.2, 0) is 4.79 Å². The van der Waals surface area contributed by atoms with Gasteiger partial charge in [-0.05, 0) is 37.7 Å². The number of nitrogens with one attached hydrogen (secondary N) is 1. The van der Waals surface area contributed by atoms with Crippen LogP contribution in [0, 0.1) is 5.92 Å². The summed E-state index contributed by atoms with van der Waals surface area (Å²) in [5, 5.41) is 11.8. The van der Waals surface area contributed by atoms with Gasteiger partial charge >= 0.3 is 12.0 Å². The predicted molar refractivity (Wildman–Crippen MR) is 82.2 cm³/mol. The minimum Gasteiger partial charge on any atom is -0.481 e. The molecule has 0 saturated carbocycles. The first-order valence-corrected chi connectivity index (χ1v) is 8.79. The Bertz CT molecular complexity index is 305. The molecular formula is C14H26N2O3S. The molecule has 0 aliphatic carbocycles. The molecule has 2 amide bonds. The van der Waals surface area contributed by atoms with E-state index < -0.39 is 5.97 Å². The fourth-order valence-corrected chi connectivity index (χ4v) is 2.85. The number of unbranched alkanes of at least 4 members (excludes halogenated alkanes) is 3. The van der Waals surface area contributed by atoms with Gasteiger partial charge in [0.25, 0.3) is 0 Å². The maximum Gasteiger partial charge on any atom is 0.317 e. The van der Waals surface area contributed by atoms with Crippen LogP contribution in [0.15, 0.2) is 0 Å². The highest BCUT2D eigenvalue weighted by atomic mass is 32.2. The highest BCUT2D eigenvalue weighted by Gasteiger charge is 2.26. The largest absolute Gasteiger partial charge is 0.481 e. The Morgan fingerprint density at radius 1 is 1.20 bits per heavy atom. The van der Waals surface area contributed by atoms with Crippen LogP contribution < -0.4 is 5.32 Å². The summed E-state index contributed by atoms with van der Waals surface area (Å²) in [4.78, 5) is 24.4. The van der Waals surface area contributed by atoms with Crippen molar-refractivity contribution < 1.29 is 14.7 Å². The molecule has 5 nitrogen and oxygen atoms in total. The second-order valence-corrected chi connectivity index (χ2v) is 6.22. The molecule has 1 fully saturated rings. The van der Waals surface area contributed by atoms with Gasteiger partial charge in [0.1, 0.15) is 0 Å². The van der Waals surface area contributed by atoms with Crippen molar-refractivity contribution in [3.8, 4) is 0 Å². The molecule has 1 saturated heterocycles. The Morgan fingerprint density at radius 3 is 2.45 bits per heavy atom. The van der Waals surface area contributed by atoms with E-state index in [4.69, 9.17) is 5.11 Å². The summed E-state index contributed by atoms with van der Waals surface area (Å²) in [6.07, 6.45) is 7.90. The number of carbonyl (C=O) groups is 2. The third-order valence-electron chi connectivity index (χ3n) is 3.68. The van der Waals surface area contributed by atoms with E-state index in [2.05, 4.69) is 11.6 Å². The number of hydrogen-bond donors (Lipinski definition) is 2. The molecule has 0 aromatic rings. The summed E-state index contributed by atoms with van der Waals surface area (Å²) in [6, 6.07) is -0.0436. The summed E-state index contributed by atoms with van der Waals surface area (Å²) < 4.78 is 0. The average Bonchev–Trinajstić information content (AvgIpc) is 2.46. The molecule has 1 aliphatic rings. The number of carboxylic acid groups (broad SMARTS) is 1. The number of nitrogens with zero attached hydrogens (tertiary/aromatic N) is 1. The molecule has 2 N–H and O–H groups in total. The van der Waals surface area contributed by atoms with Gasteiger partial charge in [-0.2, -0.15) is 11.8 Å². The minimum absolute atomic E-state index is 0.0436. The average molecular weight is 302 g/mol. The summed E-state index contributed by atoms with van der Waals surface area (Å²) >= 11 is 1.87. The molecule has 1 heterocycles. The zero-order valence-corrected chi connectivity index (χ0v) is 13.1.